The number of aliphatic hydroxyl groups is 1. The Morgan fingerprint density at radius 3 is 2.63 bits per heavy atom. The highest BCUT2D eigenvalue weighted by molar-refractivity contribution is 7.12. The van der Waals surface area contributed by atoms with E-state index in [1.165, 1.54) is 29.8 Å². The molecule has 3 N–H and O–H groups in total. The summed E-state index contributed by atoms with van der Waals surface area (Å²) in [6, 6.07) is 14.3. The van der Waals surface area contributed by atoms with Crippen LogP contribution in [0.4, 0.5) is 5.69 Å². The van der Waals surface area contributed by atoms with Gasteiger partial charge in [0.15, 0.2) is 0 Å². The molecule has 0 radical (unpaired) electrons. The maximum Gasteiger partial charge on any atom is 0.313 e. The number of nitrogens with one attached hydrogen (secondary N) is 2. The second kappa shape index (κ2) is 8.81. The smallest absolute Gasteiger partial charge is 0.313 e. The van der Waals surface area contributed by atoms with Crippen molar-refractivity contribution in [3.05, 3.63) is 68.5 Å². The van der Waals surface area contributed by atoms with Gasteiger partial charge in [0.1, 0.15) is 11.9 Å². The molecule has 1 aromatic carbocycles. The van der Waals surface area contributed by atoms with E-state index >= 15 is 0 Å². The Hall–Kier alpha value is -2.68. The second-order valence-electron chi connectivity index (χ2n) is 5.56. The van der Waals surface area contributed by atoms with E-state index in [1.54, 1.807) is 24.3 Å². The van der Waals surface area contributed by atoms with Crippen LogP contribution in [0.3, 0.4) is 0 Å². The van der Waals surface area contributed by atoms with E-state index in [0.29, 0.717) is 11.4 Å². The number of para-hydroxylation sites is 2. The molecular formula is C19H18N2O4S2. The van der Waals surface area contributed by atoms with Gasteiger partial charge in [0.05, 0.1) is 19.3 Å². The summed E-state index contributed by atoms with van der Waals surface area (Å²) >= 11 is 2.88. The van der Waals surface area contributed by atoms with E-state index in [0.717, 1.165) is 14.6 Å². The van der Waals surface area contributed by atoms with Crippen molar-refractivity contribution >= 4 is 40.2 Å². The van der Waals surface area contributed by atoms with Crippen LogP contribution in [-0.4, -0.2) is 24.0 Å². The zero-order valence-corrected chi connectivity index (χ0v) is 16.1. The van der Waals surface area contributed by atoms with E-state index in [9.17, 15) is 14.7 Å². The molecule has 27 heavy (non-hydrogen) atoms. The molecule has 8 heteroatoms. The van der Waals surface area contributed by atoms with Crippen molar-refractivity contribution in [3.63, 3.8) is 0 Å². The van der Waals surface area contributed by atoms with Crippen LogP contribution in [-0.2, 0) is 16.1 Å². The van der Waals surface area contributed by atoms with Crippen LogP contribution < -0.4 is 15.4 Å². The first-order chi connectivity index (χ1) is 13.1. The summed E-state index contributed by atoms with van der Waals surface area (Å²) in [6.07, 6.45) is -0.673. The fraction of sp³-hybridized carbons (Fsp3) is 0.158. The average Bonchev–Trinajstić information content (AvgIpc) is 3.38. The number of thiophene rings is 2. The number of benzene rings is 1. The van der Waals surface area contributed by atoms with Gasteiger partial charge >= 0.3 is 11.8 Å². The molecule has 2 amide bonds. The third-order valence-corrected chi connectivity index (χ3v) is 5.81. The first-order valence-electron chi connectivity index (χ1n) is 8.10. The van der Waals surface area contributed by atoms with Gasteiger partial charge in [0, 0.05) is 14.6 Å². The molecule has 3 rings (SSSR count). The normalized spacial score (nSPS) is 11.6. The van der Waals surface area contributed by atoms with Crippen molar-refractivity contribution in [2.75, 3.05) is 12.4 Å². The molecule has 3 aromatic rings. The fourth-order valence-corrected chi connectivity index (χ4v) is 4.16. The highest BCUT2D eigenvalue weighted by Gasteiger charge is 2.17. The lowest BCUT2D eigenvalue weighted by Crippen LogP contribution is -2.34. The molecule has 1 unspecified atom stereocenters. The molecule has 0 aliphatic rings. The Labute approximate surface area is 164 Å². The molecule has 0 saturated carbocycles. The van der Waals surface area contributed by atoms with Crippen LogP contribution in [0.1, 0.15) is 20.7 Å². The van der Waals surface area contributed by atoms with Crippen LogP contribution in [0, 0.1) is 0 Å². The van der Waals surface area contributed by atoms with Gasteiger partial charge in [-0.3, -0.25) is 9.59 Å². The van der Waals surface area contributed by atoms with Crippen molar-refractivity contribution in [1.82, 2.24) is 5.32 Å². The molecule has 0 fully saturated rings. The zero-order valence-electron chi connectivity index (χ0n) is 14.5. The summed E-state index contributed by atoms with van der Waals surface area (Å²) in [5.41, 5.74) is 0.428. The summed E-state index contributed by atoms with van der Waals surface area (Å²) in [6.45, 7) is 0.208. The van der Waals surface area contributed by atoms with Gasteiger partial charge in [-0.25, -0.2) is 0 Å². The third-order valence-electron chi connectivity index (χ3n) is 3.75. The minimum Gasteiger partial charge on any atom is -0.495 e. The lowest BCUT2D eigenvalue weighted by Gasteiger charge is -2.09. The maximum atomic E-state index is 12.1. The number of carbonyl (C=O) groups excluding carboxylic acids is 2. The van der Waals surface area contributed by atoms with Crippen molar-refractivity contribution in [1.29, 1.82) is 0 Å². The molecule has 0 aliphatic heterocycles. The van der Waals surface area contributed by atoms with Gasteiger partial charge < -0.3 is 20.5 Å². The molecule has 1 atom stereocenters. The van der Waals surface area contributed by atoms with Gasteiger partial charge in [-0.05, 0) is 35.7 Å². The lowest BCUT2D eigenvalue weighted by molar-refractivity contribution is -0.136. The largest absolute Gasteiger partial charge is 0.495 e. The van der Waals surface area contributed by atoms with Gasteiger partial charge in [0.2, 0.25) is 0 Å². The number of hydrogen-bond donors (Lipinski definition) is 3. The standard InChI is InChI=1S/C19H18N2O4S2/c1-25-14-6-3-2-5-13(14)21-19(24)18(23)20-11-12-8-9-16(27-12)17(22)15-7-4-10-26-15/h2-10,17,22H,11H2,1H3,(H,20,23)(H,21,24). The Morgan fingerprint density at radius 1 is 1.07 bits per heavy atom. The fourth-order valence-electron chi connectivity index (χ4n) is 2.40. The van der Waals surface area contributed by atoms with E-state index in [1.807, 2.05) is 29.6 Å². The maximum absolute atomic E-state index is 12.1. The van der Waals surface area contributed by atoms with E-state index in [-0.39, 0.29) is 6.54 Å². The predicted molar refractivity (Wildman–Crippen MR) is 106 cm³/mol. The topological polar surface area (TPSA) is 87.7 Å². The highest BCUT2D eigenvalue weighted by atomic mass is 32.1. The van der Waals surface area contributed by atoms with Crippen molar-refractivity contribution in [2.24, 2.45) is 0 Å². The molecule has 140 valence electrons. The summed E-state index contributed by atoms with van der Waals surface area (Å²) in [5, 5.41) is 17.4. The number of anilines is 1. The van der Waals surface area contributed by atoms with E-state index in [2.05, 4.69) is 10.6 Å². The van der Waals surface area contributed by atoms with Crippen molar-refractivity contribution in [3.8, 4) is 5.75 Å². The summed E-state index contributed by atoms with van der Waals surface area (Å²) in [4.78, 5) is 26.6. The van der Waals surface area contributed by atoms with E-state index in [4.69, 9.17) is 4.74 Å². The van der Waals surface area contributed by atoms with Gasteiger partial charge in [-0.1, -0.05) is 18.2 Å². The van der Waals surface area contributed by atoms with Gasteiger partial charge in [-0.15, -0.1) is 22.7 Å². The number of methoxy groups -OCH3 is 1. The monoisotopic (exact) mass is 402 g/mol. The van der Waals surface area contributed by atoms with Gasteiger partial charge in [-0.2, -0.15) is 0 Å². The molecular weight excluding hydrogens is 384 g/mol. The number of rotatable bonds is 6. The quantitative estimate of drug-likeness (QED) is 0.553. The Balaban J connectivity index is 1.55. The SMILES string of the molecule is COc1ccccc1NC(=O)C(=O)NCc1ccc(C(O)c2cccs2)s1. The number of carbonyl (C=O) groups is 2. The molecule has 0 bridgehead atoms. The first-order valence-corrected chi connectivity index (χ1v) is 9.80. The lowest BCUT2D eigenvalue weighted by atomic mass is 10.2. The molecule has 2 heterocycles. The van der Waals surface area contributed by atoms with Crippen LogP contribution in [0.5, 0.6) is 5.75 Å². The van der Waals surface area contributed by atoms with Crippen LogP contribution in [0.25, 0.3) is 0 Å². The zero-order chi connectivity index (χ0) is 19.2. The van der Waals surface area contributed by atoms with Crippen LogP contribution >= 0.6 is 22.7 Å². The molecule has 2 aromatic heterocycles. The minimum atomic E-state index is -0.769. The predicted octanol–water partition coefficient (Wildman–Crippen LogP) is 3.15. The second-order valence-corrected chi connectivity index (χ2v) is 7.74. The van der Waals surface area contributed by atoms with E-state index < -0.39 is 17.9 Å². The number of aliphatic hydroxyl groups excluding tert-OH is 1. The number of hydrogen-bond acceptors (Lipinski definition) is 6. The van der Waals surface area contributed by atoms with Gasteiger partial charge in [0.25, 0.3) is 0 Å². The summed E-state index contributed by atoms with van der Waals surface area (Å²) in [7, 11) is 1.49. The Kier molecular flexibility index (Phi) is 6.23. The van der Waals surface area contributed by atoms with Crippen molar-refractivity contribution in [2.45, 2.75) is 12.6 Å². The van der Waals surface area contributed by atoms with Crippen molar-refractivity contribution < 1.29 is 19.4 Å². The minimum absolute atomic E-state index is 0.208. The van der Waals surface area contributed by atoms with Crippen LogP contribution in [0.2, 0.25) is 0 Å². The number of ether oxygens (including phenoxy) is 1. The molecule has 0 aliphatic carbocycles. The average molecular weight is 402 g/mol. The third kappa shape index (κ3) is 4.73. The molecule has 6 nitrogen and oxygen atoms in total. The molecule has 0 spiro atoms. The Bertz CT molecular complexity index is 921. The summed E-state index contributed by atoms with van der Waals surface area (Å²) < 4.78 is 5.14. The summed E-state index contributed by atoms with van der Waals surface area (Å²) in [5.74, 6) is -1.03. The number of amides is 2. The molecule has 0 saturated heterocycles. The highest BCUT2D eigenvalue weighted by Crippen LogP contribution is 2.30. The Morgan fingerprint density at radius 2 is 1.89 bits per heavy atom. The van der Waals surface area contributed by atoms with Crippen LogP contribution in [0.15, 0.2) is 53.9 Å². The first kappa shape index (κ1) is 19.1.